The van der Waals surface area contributed by atoms with Crippen molar-refractivity contribution in [3.05, 3.63) is 69.0 Å². The molecule has 0 spiro atoms. The third-order valence-corrected chi connectivity index (χ3v) is 2.92. The van der Waals surface area contributed by atoms with Crippen molar-refractivity contribution in [1.82, 2.24) is 9.13 Å². The van der Waals surface area contributed by atoms with Crippen LogP contribution in [0.3, 0.4) is 0 Å². The maximum Gasteiger partial charge on any atom is 0.331 e. The molecular weight excluding hydrogens is 242 g/mol. The van der Waals surface area contributed by atoms with Crippen LogP contribution in [0.25, 0.3) is 0 Å². The van der Waals surface area contributed by atoms with Crippen LogP contribution in [0, 0.1) is 0 Å². The van der Waals surface area contributed by atoms with E-state index in [-0.39, 0.29) is 11.2 Å². The third-order valence-electron chi connectivity index (χ3n) is 2.92. The van der Waals surface area contributed by atoms with Crippen LogP contribution in [-0.2, 0) is 13.1 Å². The van der Waals surface area contributed by atoms with E-state index >= 15 is 0 Å². The molecule has 100 valence electrons. The van der Waals surface area contributed by atoms with Crippen molar-refractivity contribution in [3.8, 4) is 0 Å². The fraction of sp³-hybridized carbons (Fsp3) is 0.286. The molecule has 2 rings (SSSR count). The molecule has 0 unspecified atom stereocenters. The van der Waals surface area contributed by atoms with Gasteiger partial charge in [-0.2, -0.15) is 0 Å². The number of benzene rings is 1. The number of hydrogen-bond donors (Lipinski definition) is 1. The molecule has 1 aromatic carbocycles. The van der Waals surface area contributed by atoms with Crippen LogP contribution < -0.4 is 17.0 Å². The second-order valence-electron chi connectivity index (χ2n) is 4.34. The number of nitrogens with zero attached hydrogens (tertiary/aromatic N) is 2. The minimum absolute atomic E-state index is 0.275. The van der Waals surface area contributed by atoms with Crippen LogP contribution in [-0.4, -0.2) is 15.7 Å². The summed E-state index contributed by atoms with van der Waals surface area (Å²) in [6, 6.07) is 11.1. The van der Waals surface area contributed by atoms with E-state index in [0.717, 1.165) is 5.56 Å². The van der Waals surface area contributed by atoms with Crippen molar-refractivity contribution in [3.63, 3.8) is 0 Å². The lowest BCUT2D eigenvalue weighted by Crippen LogP contribution is -2.39. The molecule has 5 heteroatoms. The van der Waals surface area contributed by atoms with Crippen LogP contribution in [0.2, 0.25) is 0 Å². The predicted octanol–water partition coefficient (Wildman–Crippen LogP) is 0.407. The molecule has 0 saturated carbocycles. The Hall–Kier alpha value is -2.14. The summed E-state index contributed by atoms with van der Waals surface area (Å²) in [5.74, 6) is 0. The molecule has 0 atom stereocenters. The molecule has 1 heterocycles. The van der Waals surface area contributed by atoms with Crippen molar-refractivity contribution < 1.29 is 0 Å². The SMILES string of the molecule is NCCCn1c(=O)ccn(Cc2ccccc2)c1=O. The van der Waals surface area contributed by atoms with Crippen molar-refractivity contribution in [2.24, 2.45) is 5.73 Å². The van der Waals surface area contributed by atoms with Crippen molar-refractivity contribution >= 4 is 0 Å². The Morgan fingerprint density at radius 1 is 1.05 bits per heavy atom. The van der Waals surface area contributed by atoms with Gasteiger partial charge < -0.3 is 5.73 Å². The van der Waals surface area contributed by atoms with Crippen LogP contribution in [0.4, 0.5) is 0 Å². The zero-order valence-corrected chi connectivity index (χ0v) is 10.7. The molecule has 0 bridgehead atoms. The highest BCUT2D eigenvalue weighted by Crippen LogP contribution is 1.99. The maximum absolute atomic E-state index is 12.2. The first-order chi connectivity index (χ1) is 9.22. The van der Waals surface area contributed by atoms with Gasteiger partial charge in [0, 0.05) is 18.8 Å². The van der Waals surface area contributed by atoms with Gasteiger partial charge in [0.1, 0.15) is 0 Å². The summed E-state index contributed by atoms with van der Waals surface area (Å²) in [5.41, 5.74) is 5.87. The van der Waals surface area contributed by atoms with E-state index in [1.54, 1.807) is 0 Å². The molecule has 0 radical (unpaired) electrons. The summed E-state index contributed by atoms with van der Waals surface area (Å²) in [4.78, 5) is 23.8. The minimum atomic E-state index is -0.287. The second kappa shape index (κ2) is 6.15. The summed E-state index contributed by atoms with van der Waals surface area (Å²) >= 11 is 0. The molecule has 0 amide bonds. The lowest BCUT2D eigenvalue weighted by atomic mass is 10.2. The largest absolute Gasteiger partial charge is 0.331 e. The Balaban J connectivity index is 2.32. The van der Waals surface area contributed by atoms with E-state index in [1.807, 2.05) is 30.3 Å². The first kappa shape index (κ1) is 13.3. The van der Waals surface area contributed by atoms with Crippen LogP contribution >= 0.6 is 0 Å². The van der Waals surface area contributed by atoms with Gasteiger partial charge in [-0.15, -0.1) is 0 Å². The summed E-state index contributed by atoms with van der Waals surface area (Å²) in [6.45, 7) is 1.28. The molecular formula is C14H17N3O2. The number of aromatic nitrogens is 2. The minimum Gasteiger partial charge on any atom is -0.330 e. The summed E-state index contributed by atoms with van der Waals surface area (Å²) in [6.07, 6.45) is 2.15. The van der Waals surface area contributed by atoms with Gasteiger partial charge in [-0.05, 0) is 18.5 Å². The first-order valence-corrected chi connectivity index (χ1v) is 6.26. The quantitative estimate of drug-likeness (QED) is 0.845. The molecule has 0 saturated heterocycles. The van der Waals surface area contributed by atoms with Crippen molar-refractivity contribution in [2.45, 2.75) is 19.5 Å². The molecule has 5 nitrogen and oxygen atoms in total. The lowest BCUT2D eigenvalue weighted by Gasteiger charge is -2.09. The van der Waals surface area contributed by atoms with Gasteiger partial charge >= 0.3 is 5.69 Å². The number of rotatable bonds is 5. The van der Waals surface area contributed by atoms with Gasteiger partial charge in [0.2, 0.25) is 0 Å². The molecule has 0 aliphatic carbocycles. The fourth-order valence-electron chi connectivity index (χ4n) is 1.91. The lowest BCUT2D eigenvalue weighted by molar-refractivity contribution is 0.554. The van der Waals surface area contributed by atoms with Gasteiger partial charge in [-0.1, -0.05) is 30.3 Å². The van der Waals surface area contributed by atoms with Crippen molar-refractivity contribution in [2.75, 3.05) is 6.54 Å². The second-order valence-corrected chi connectivity index (χ2v) is 4.34. The number of hydrogen-bond acceptors (Lipinski definition) is 3. The Morgan fingerprint density at radius 2 is 1.79 bits per heavy atom. The molecule has 2 aromatic rings. The average Bonchev–Trinajstić information content (AvgIpc) is 2.43. The van der Waals surface area contributed by atoms with Gasteiger partial charge in [0.05, 0.1) is 6.54 Å². The predicted molar refractivity (Wildman–Crippen MR) is 74.2 cm³/mol. The summed E-state index contributed by atoms with van der Waals surface area (Å²) in [5, 5.41) is 0. The van der Waals surface area contributed by atoms with E-state index in [0.29, 0.717) is 26.1 Å². The zero-order chi connectivity index (χ0) is 13.7. The highest BCUT2D eigenvalue weighted by Gasteiger charge is 2.05. The van der Waals surface area contributed by atoms with Crippen LogP contribution in [0.1, 0.15) is 12.0 Å². The molecule has 1 aromatic heterocycles. The summed E-state index contributed by atoms with van der Waals surface area (Å²) in [7, 11) is 0. The zero-order valence-electron chi connectivity index (χ0n) is 10.7. The monoisotopic (exact) mass is 259 g/mol. The first-order valence-electron chi connectivity index (χ1n) is 6.26. The third kappa shape index (κ3) is 3.20. The van der Waals surface area contributed by atoms with Gasteiger partial charge in [0.25, 0.3) is 5.56 Å². The number of nitrogens with two attached hydrogens (primary N) is 1. The van der Waals surface area contributed by atoms with Gasteiger partial charge in [0.15, 0.2) is 0 Å². The van der Waals surface area contributed by atoms with E-state index in [4.69, 9.17) is 5.73 Å². The topological polar surface area (TPSA) is 70.0 Å². The Morgan fingerprint density at radius 3 is 2.47 bits per heavy atom. The molecule has 0 fully saturated rings. The van der Waals surface area contributed by atoms with E-state index in [9.17, 15) is 9.59 Å². The van der Waals surface area contributed by atoms with Gasteiger partial charge in [-0.25, -0.2) is 4.79 Å². The molecule has 0 aliphatic heterocycles. The maximum atomic E-state index is 12.2. The van der Waals surface area contributed by atoms with Gasteiger partial charge in [-0.3, -0.25) is 13.9 Å². The van der Waals surface area contributed by atoms with Crippen molar-refractivity contribution in [1.29, 1.82) is 0 Å². The standard InChI is InChI=1S/C14H17N3O2/c15-8-4-9-17-13(18)7-10-16(14(17)19)11-12-5-2-1-3-6-12/h1-3,5-7,10H,4,8-9,11,15H2. The Bertz CT molecular complexity index is 644. The summed E-state index contributed by atoms with van der Waals surface area (Å²) < 4.78 is 2.77. The Kier molecular flexibility index (Phi) is 4.30. The van der Waals surface area contributed by atoms with Crippen LogP contribution in [0.5, 0.6) is 0 Å². The highest BCUT2D eigenvalue weighted by atomic mass is 16.2. The van der Waals surface area contributed by atoms with Crippen LogP contribution in [0.15, 0.2) is 52.2 Å². The van der Waals surface area contributed by atoms with E-state index in [2.05, 4.69) is 0 Å². The Labute approximate surface area is 110 Å². The molecule has 0 aliphatic rings. The smallest absolute Gasteiger partial charge is 0.330 e. The highest BCUT2D eigenvalue weighted by molar-refractivity contribution is 5.15. The van der Waals surface area contributed by atoms with E-state index in [1.165, 1.54) is 21.4 Å². The molecule has 2 N–H and O–H groups in total. The fourth-order valence-corrected chi connectivity index (χ4v) is 1.91. The van der Waals surface area contributed by atoms with E-state index < -0.39 is 0 Å². The normalized spacial score (nSPS) is 10.6. The molecule has 19 heavy (non-hydrogen) atoms. The average molecular weight is 259 g/mol.